The van der Waals surface area contributed by atoms with Crippen molar-refractivity contribution in [2.75, 3.05) is 14.2 Å². The fourth-order valence-electron chi connectivity index (χ4n) is 1.88. The molecule has 0 N–H and O–H groups in total. The van der Waals surface area contributed by atoms with Crippen LogP contribution in [0.25, 0.3) is 6.08 Å². The molecule has 2 aromatic carbocycles. The number of benzene rings is 2. The van der Waals surface area contributed by atoms with Gasteiger partial charge in [-0.15, -0.1) is 0 Å². The molecule has 0 aliphatic rings. The highest BCUT2D eigenvalue weighted by molar-refractivity contribution is 9.10. The summed E-state index contributed by atoms with van der Waals surface area (Å²) in [6.45, 7) is 0. The molecule has 124 valence electrons. The summed E-state index contributed by atoms with van der Waals surface area (Å²) < 4.78 is 15.9. The number of carbonyl (C=O) groups excluding carboxylic acids is 2. The van der Waals surface area contributed by atoms with Crippen molar-refractivity contribution in [1.82, 2.24) is 0 Å². The molecule has 0 spiro atoms. The Balaban J connectivity index is 2.20. The van der Waals surface area contributed by atoms with Gasteiger partial charge in [-0.05, 0) is 42.0 Å². The van der Waals surface area contributed by atoms with E-state index in [2.05, 4.69) is 20.7 Å². The monoisotopic (exact) mass is 390 g/mol. The maximum Gasteiger partial charge on any atom is 0.343 e. The molecular formula is C18H15BrO5. The summed E-state index contributed by atoms with van der Waals surface area (Å²) in [6, 6.07) is 11.9. The summed E-state index contributed by atoms with van der Waals surface area (Å²) in [4.78, 5) is 23.3. The van der Waals surface area contributed by atoms with Crippen LogP contribution in [-0.2, 0) is 9.53 Å². The van der Waals surface area contributed by atoms with E-state index in [0.29, 0.717) is 16.9 Å². The van der Waals surface area contributed by atoms with E-state index in [1.165, 1.54) is 20.3 Å². The van der Waals surface area contributed by atoms with Gasteiger partial charge in [0.05, 0.1) is 19.8 Å². The molecule has 5 nitrogen and oxygen atoms in total. The van der Waals surface area contributed by atoms with Crippen molar-refractivity contribution >= 4 is 33.9 Å². The van der Waals surface area contributed by atoms with Gasteiger partial charge in [-0.2, -0.15) is 0 Å². The number of rotatable bonds is 5. The second-order valence-corrected chi connectivity index (χ2v) is 5.58. The van der Waals surface area contributed by atoms with E-state index in [-0.39, 0.29) is 5.75 Å². The van der Waals surface area contributed by atoms with Crippen LogP contribution >= 0.6 is 15.9 Å². The van der Waals surface area contributed by atoms with E-state index in [1.54, 1.807) is 42.5 Å². The molecule has 0 saturated carbocycles. The van der Waals surface area contributed by atoms with Crippen LogP contribution in [0.4, 0.5) is 0 Å². The van der Waals surface area contributed by atoms with Crippen molar-refractivity contribution in [1.29, 1.82) is 0 Å². The number of esters is 2. The molecule has 0 saturated heterocycles. The van der Waals surface area contributed by atoms with Crippen LogP contribution in [0, 0.1) is 0 Å². The molecular weight excluding hydrogens is 376 g/mol. The maximum atomic E-state index is 12.2. The average Bonchev–Trinajstić information content (AvgIpc) is 2.60. The third kappa shape index (κ3) is 4.70. The van der Waals surface area contributed by atoms with Gasteiger partial charge >= 0.3 is 11.9 Å². The molecule has 0 atom stereocenters. The van der Waals surface area contributed by atoms with Crippen molar-refractivity contribution in [2.24, 2.45) is 0 Å². The first-order chi connectivity index (χ1) is 11.5. The van der Waals surface area contributed by atoms with Gasteiger partial charge in [-0.1, -0.05) is 28.1 Å². The SMILES string of the molecule is COC(=O)/C=C/c1ccc(OC(=O)c2cccc(Br)c2)c(OC)c1. The number of ether oxygens (including phenoxy) is 3. The molecule has 0 radical (unpaired) electrons. The number of hydrogen-bond acceptors (Lipinski definition) is 5. The lowest BCUT2D eigenvalue weighted by Crippen LogP contribution is -2.09. The van der Waals surface area contributed by atoms with Gasteiger partial charge in [-0.3, -0.25) is 0 Å². The van der Waals surface area contributed by atoms with Crippen LogP contribution in [0.3, 0.4) is 0 Å². The van der Waals surface area contributed by atoms with E-state index >= 15 is 0 Å². The van der Waals surface area contributed by atoms with E-state index < -0.39 is 11.9 Å². The fourth-order valence-corrected chi connectivity index (χ4v) is 2.28. The average molecular weight is 391 g/mol. The van der Waals surface area contributed by atoms with Crippen molar-refractivity contribution in [3.63, 3.8) is 0 Å². The lowest BCUT2D eigenvalue weighted by molar-refractivity contribution is -0.134. The Kier molecular flexibility index (Phi) is 6.14. The zero-order valence-electron chi connectivity index (χ0n) is 13.1. The smallest absolute Gasteiger partial charge is 0.343 e. The van der Waals surface area contributed by atoms with Gasteiger partial charge in [0, 0.05) is 10.5 Å². The van der Waals surface area contributed by atoms with Crippen LogP contribution in [-0.4, -0.2) is 26.2 Å². The van der Waals surface area contributed by atoms with Gasteiger partial charge in [0.1, 0.15) is 0 Å². The molecule has 0 aromatic heterocycles. The molecule has 0 aliphatic carbocycles. The Hall–Kier alpha value is -2.60. The van der Waals surface area contributed by atoms with E-state index in [1.807, 2.05) is 6.07 Å². The third-order valence-corrected chi connectivity index (χ3v) is 3.56. The summed E-state index contributed by atoms with van der Waals surface area (Å²) >= 11 is 3.31. The highest BCUT2D eigenvalue weighted by Gasteiger charge is 2.13. The Morgan fingerprint density at radius 2 is 1.83 bits per heavy atom. The molecule has 0 aliphatic heterocycles. The molecule has 0 heterocycles. The number of methoxy groups -OCH3 is 2. The number of carbonyl (C=O) groups is 2. The Labute approximate surface area is 148 Å². The molecule has 2 rings (SSSR count). The summed E-state index contributed by atoms with van der Waals surface area (Å²) in [5.41, 5.74) is 1.13. The molecule has 24 heavy (non-hydrogen) atoms. The van der Waals surface area contributed by atoms with Gasteiger partial charge < -0.3 is 14.2 Å². The molecule has 2 aromatic rings. The zero-order valence-corrected chi connectivity index (χ0v) is 14.7. The van der Waals surface area contributed by atoms with E-state index in [4.69, 9.17) is 9.47 Å². The van der Waals surface area contributed by atoms with E-state index in [0.717, 1.165) is 4.47 Å². The second kappa shape index (κ2) is 8.31. The first-order valence-electron chi connectivity index (χ1n) is 6.95. The first-order valence-corrected chi connectivity index (χ1v) is 7.74. The fraction of sp³-hybridized carbons (Fsp3) is 0.111. The Morgan fingerprint density at radius 1 is 1.04 bits per heavy atom. The Bertz CT molecular complexity index is 783. The normalized spacial score (nSPS) is 10.5. The quantitative estimate of drug-likeness (QED) is 0.440. The van der Waals surface area contributed by atoms with Crippen LogP contribution in [0.2, 0.25) is 0 Å². The largest absolute Gasteiger partial charge is 0.493 e. The molecule has 0 unspecified atom stereocenters. The minimum absolute atomic E-state index is 0.290. The van der Waals surface area contributed by atoms with Crippen molar-refractivity contribution in [2.45, 2.75) is 0 Å². The van der Waals surface area contributed by atoms with Crippen LogP contribution in [0.1, 0.15) is 15.9 Å². The van der Waals surface area contributed by atoms with Gasteiger partial charge in [-0.25, -0.2) is 9.59 Å². The second-order valence-electron chi connectivity index (χ2n) is 4.67. The topological polar surface area (TPSA) is 61.8 Å². The minimum atomic E-state index is -0.493. The minimum Gasteiger partial charge on any atom is -0.493 e. The van der Waals surface area contributed by atoms with Crippen molar-refractivity contribution < 1.29 is 23.8 Å². The van der Waals surface area contributed by atoms with Crippen LogP contribution in [0.15, 0.2) is 53.0 Å². The standard InChI is InChI=1S/C18H15BrO5/c1-22-16-10-12(7-9-17(20)23-2)6-8-15(16)24-18(21)13-4-3-5-14(19)11-13/h3-11H,1-2H3/b9-7+. The first kappa shape index (κ1) is 17.7. The van der Waals surface area contributed by atoms with Crippen molar-refractivity contribution in [3.8, 4) is 11.5 Å². The third-order valence-electron chi connectivity index (χ3n) is 3.06. The number of halogens is 1. The highest BCUT2D eigenvalue weighted by Crippen LogP contribution is 2.29. The predicted octanol–water partition coefficient (Wildman–Crippen LogP) is 3.86. The summed E-state index contributed by atoms with van der Waals surface area (Å²) in [5, 5.41) is 0. The molecule has 0 amide bonds. The summed E-state index contributed by atoms with van der Waals surface area (Å²) in [6.07, 6.45) is 2.87. The highest BCUT2D eigenvalue weighted by atomic mass is 79.9. The van der Waals surface area contributed by atoms with Gasteiger partial charge in [0.15, 0.2) is 11.5 Å². The van der Waals surface area contributed by atoms with E-state index in [9.17, 15) is 9.59 Å². The lowest BCUT2D eigenvalue weighted by atomic mass is 10.2. The number of hydrogen-bond donors (Lipinski definition) is 0. The predicted molar refractivity (Wildman–Crippen MR) is 93.1 cm³/mol. The van der Waals surface area contributed by atoms with Gasteiger partial charge in [0.25, 0.3) is 0 Å². The molecule has 6 heteroatoms. The summed E-state index contributed by atoms with van der Waals surface area (Å²) in [5.74, 6) is -0.283. The maximum absolute atomic E-state index is 12.2. The Morgan fingerprint density at radius 3 is 2.50 bits per heavy atom. The zero-order chi connectivity index (χ0) is 17.5. The summed E-state index contributed by atoms with van der Waals surface area (Å²) in [7, 11) is 2.78. The molecule has 0 fully saturated rings. The van der Waals surface area contributed by atoms with Gasteiger partial charge in [0.2, 0.25) is 0 Å². The van der Waals surface area contributed by atoms with Crippen molar-refractivity contribution in [3.05, 3.63) is 64.1 Å². The lowest BCUT2D eigenvalue weighted by Gasteiger charge is -2.10. The van der Waals surface area contributed by atoms with Crippen LogP contribution in [0.5, 0.6) is 11.5 Å². The molecule has 0 bridgehead atoms. The van der Waals surface area contributed by atoms with Crippen LogP contribution < -0.4 is 9.47 Å².